The van der Waals surface area contributed by atoms with Crippen LogP contribution in [0.5, 0.6) is 5.75 Å². The summed E-state index contributed by atoms with van der Waals surface area (Å²) in [5.74, 6) is 1.23. The van der Waals surface area contributed by atoms with Crippen LogP contribution >= 0.6 is 0 Å². The smallest absolute Gasteiger partial charge is 0.416 e. The Morgan fingerprint density at radius 2 is 1.62 bits per heavy atom. The quantitative estimate of drug-likeness (QED) is 0.132. The van der Waals surface area contributed by atoms with Gasteiger partial charge >= 0.3 is 12.8 Å². The summed E-state index contributed by atoms with van der Waals surface area (Å²) in [5.41, 5.74) is 21.5. The van der Waals surface area contributed by atoms with Crippen LogP contribution in [0, 0.1) is 0 Å². The summed E-state index contributed by atoms with van der Waals surface area (Å²) in [6.07, 6.45) is 1.13. The number of nitrogens with one attached hydrogen (secondary N) is 1. The summed E-state index contributed by atoms with van der Waals surface area (Å²) >= 11 is 0. The van der Waals surface area contributed by atoms with E-state index in [1.807, 2.05) is 28.9 Å². The maximum atomic E-state index is 12.8. The Kier molecular flexibility index (Phi) is 8.63. The van der Waals surface area contributed by atoms with E-state index < -0.39 is 18.4 Å². The van der Waals surface area contributed by atoms with E-state index in [9.17, 15) is 22.0 Å². The topological polar surface area (TPSA) is 168 Å². The Hall–Kier alpha value is -6.06. The molecule has 4 heterocycles. The average Bonchev–Trinajstić information content (AvgIpc) is 3.81. The highest BCUT2D eigenvalue weighted by molar-refractivity contribution is 5.83. The van der Waals surface area contributed by atoms with Gasteiger partial charge in [0, 0.05) is 41.2 Å². The van der Waals surface area contributed by atoms with Crippen molar-refractivity contribution in [2.75, 3.05) is 22.5 Å². The lowest BCUT2D eigenvalue weighted by Gasteiger charge is -2.10. The van der Waals surface area contributed by atoms with Gasteiger partial charge in [-0.25, -0.2) is 14.5 Å². The second-order valence-corrected chi connectivity index (χ2v) is 10.7. The molecule has 0 aliphatic heterocycles. The minimum absolute atomic E-state index is 0.0729. The fourth-order valence-electron chi connectivity index (χ4n) is 4.89. The van der Waals surface area contributed by atoms with E-state index in [4.69, 9.17) is 22.3 Å². The SMILES string of the molecule is Nc1cc(-c2c(C3CC3)nn3ccccc23)nc(Nc2ccc(C(F)(F)F)cc2)n1.Nc1ncc(-c2ccc(OC(F)F)cc2)c(N)n1. The number of halogens is 5. The maximum absolute atomic E-state index is 12.8. The van der Waals surface area contributed by atoms with Gasteiger partial charge in [0.05, 0.1) is 22.5 Å². The molecule has 0 unspecified atom stereocenters. The van der Waals surface area contributed by atoms with Crippen LogP contribution in [0.3, 0.4) is 0 Å². The predicted octanol–water partition coefficient (Wildman–Crippen LogP) is 6.92. The molecule has 0 atom stereocenters. The summed E-state index contributed by atoms with van der Waals surface area (Å²) in [4.78, 5) is 16.4. The number of nitrogens with zero attached hydrogens (tertiary/aromatic N) is 6. The van der Waals surface area contributed by atoms with E-state index >= 15 is 0 Å². The molecule has 0 amide bonds. The summed E-state index contributed by atoms with van der Waals surface area (Å²) in [7, 11) is 0. The first-order valence-electron chi connectivity index (χ1n) is 14.4. The molecule has 7 N–H and O–H groups in total. The summed E-state index contributed by atoms with van der Waals surface area (Å²) < 4.78 is 68.3. The largest absolute Gasteiger partial charge is 0.435 e. The Bertz CT molecular complexity index is 2050. The van der Waals surface area contributed by atoms with Gasteiger partial charge in [0.25, 0.3) is 0 Å². The molecule has 1 fully saturated rings. The lowest BCUT2D eigenvalue weighted by atomic mass is 10.1. The van der Waals surface area contributed by atoms with Crippen molar-refractivity contribution >= 4 is 34.7 Å². The van der Waals surface area contributed by atoms with Gasteiger partial charge in [-0.1, -0.05) is 18.2 Å². The van der Waals surface area contributed by atoms with Crippen LogP contribution in [-0.4, -0.2) is 36.2 Å². The van der Waals surface area contributed by atoms with Crippen molar-refractivity contribution in [2.45, 2.75) is 31.5 Å². The van der Waals surface area contributed by atoms with Crippen LogP contribution in [0.4, 0.5) is 51.2 Å². The van der Waals surface area contributed by atoms with Crippen molar-refractivity contribution in [3.05, 3.63) is 96.4 Å². The van der Waals surface area contributed by atoms with Crippen molar-refractivity contribution in [3.8, 4) is 28.1 Å². The monoisotopic (exact) mass is 662 g/mol. The zero-order valence-corrected chi connectivity index (χ0v) is 24.9. The molecule has 0 bridgehead atoms. The van der Waals surface area contributed by atoms with Crippen LogP contribution in [0.1, 0.15) is 30.0 Å². The molecular weight excluding hydrogens is 635 g/mol. The Balaban J connectivity index is 0.000000191. The molecule has 1 aliphatic carbocycles. The molecule has 4 aromatic heterocycles. The fraction of sp³-hybridized carbons (Fsp3) is 0.156. The van der Waals surface area contributed by atoms with Gasteiger partial charge in [-0.15, -0.1) is 0 Å². The number of nitrogens with two attached hydrogens (primary N) is 3. The van der Waals surface area contributed by atoms with Crippen LogP contribution in [-0.2, 0) is 6.18 Å². The molecule has 16 heteroatoms. The first kappa shape index (κ1) is 31.9. The number of rotatable bonds is 7. The third-order valence-corrected chi connectivity index (χ3v) is 7.23. The van der Waals surface area contributed by atoms with E-state index in [1.165, 1.54) is 30.5 Å². The molecule has 0 spiro atoms. The molecule has 0 radical (unpaired) electrons. The molecule has 11 nitrogen and oxygen atoms in total. The van der Waals surface area contributed by atoms with Crippen molar-refractivity contribution in [1.29, 1.82) is 0 Å². The number of aromatic nitrogens is 6. The third-order valence-electron chi connectivity index (χ3n) is 7.23. The number of fused-ring (bicyclic) bond motifs is 1. The second kappa shape index (κ2) is 13.0. The lowest BCUT2D eigenvalue weighted by Crippen LogP contribution is -2.05. The van der Waals surface area contributed by atoms with Gasteiger partial charge in [0.15, 0.2) is 0 Å². The molecule has 6 aromatic rings. The molecule has 48 heavy (non-hydrogen) atoms. The highest BCUT2D eigenvalue weighted by Gasteiger charge is 2.32. The van der Waals surface area contributed by atoms with Crippen molar-refractivity contribution in [1.82, 2.24) is 29.5 Å². The van der Waals surface area contributed by atoms with E-state index in [0.29, 0.717) is 28.4 Å². The van der Waals surface area contributed by atoms with Crippen molar-refractivity contribution < 1.29 is 26.7 Å². The minimum Gasteiger partial charge on any atom is -0.435 e. The van der Waals surface area contributed by atoms with Gasteiger partial charge in [0.1, 0.15) is 17.4 Å². The number of anilines is 5. The zero-order chi connectivity index (χ0) is 34.0. The van der Waals surface area contributed by atoms with Gasteiger partial charge < -0.3 is 27.3 Å². The normalized spacial score (nSPS) is 12.9. The van der Waals surface area contributed by atoms with Gasteiger partial charge in [-0.05, 0) is 66.9 Å². The Morgan fingerprint density at radius 3 is 2.27 bits per heavy atom. The van der Waals surface area contributed by atoms with E-state index in [1.54, 1.807) is 18.2 Å². The van der Waals surface area contributed by atoms with Crippen LogP contribution in [0.15, 0.2) is 85.2 Å². The number of alkyl halides is 5. The number of benzene rings is 2. The number of hydrogen-bond donors (Lipinski definition) is 4. The maximum Gasteiger partial charge on any atom is 0.416 e. The summed E-state index contributed by atoms with van der Waals surface area (Å²) in [6.45, 7) is -2.85. The van der Waals surface area contributed by atoms with Crippen LogP contribution < -0.4 is 27.3 Å². The fourth-order valence-corrected chi connectivity index (χ4v) is 4.89. The lowest BCUT2D eigenvalue weighted by molar-refractivity contribution is -0.137. The molecular formula is C32H27F5N10O. The standard InChI is InChI=1S/C21H17F3N6.C11H10F2N4O/c22-21(23,24)13-6-8-14(9-7-13)26-20-27-15(11-17(25)28-20)18-16-3-1-2-10-30(16)29-19(18)12-4-5-12;12-10(13)18-7-3-1-6(2-4-7)8-5-16-11(15)17-9(8)14/h1-3,6-12H,4-5H2,(H3,25,26,27,28);1-5,10H,(H4,14,15,16,17). The Morgan fingerprint density at radius 1 is 0.896 bits per heavy atom. The van der Waals surface area contributed by atoms with Crippen molar-refractivity contribution in [2.24, 2.45) is 0 Å². The summed E-state index contributed by atoms with van der Waals surface area (Å²) in [6, 6.07) is 18.2. The van der Waals surface area contributed by atoms with Gasteiger partial charge in [0.2, 0.25) is 11.9 Å². The number of pyridine rings is 1. The zero-order valence-electron chi connectivity index (χ0n) is 24.9. The molecule has 246 valence electrons. The van der Waals surface area contributed by atoms with E-state index in [2.05, 4.69) is 30.0 Å². The van der Waals surface area contributed by atoms with Crippen molar-refractivity contribution in [3.63, 3.8) is 0 Å². The van der Waals surface area contributed by atoms with E-state index in [0.717, 1.165) is 41.7 Å². The third kappa shape index (κ3) is 7.32. The molecule has 1 aliphatic rings. The number of ether oxygens (including phenoxy) is 1. The predicted molar refractivity (Wildman–Crippen MR) is 170 cm³/mol. The second-order valence-electron chi connectivity index (χ2n) is 10.7. The molecule has 0 saturated heterocycles. The number of nitrogen functional groups attached to an aromatic ring is 3. The van der Waals surface area contributed by atoms with Crippen LogP contribution in [0.25, 0.3) is 27.9 Å². The Labute approximate surface area is 269 Å². The first-order chi connectivity index (χ1) is 22.9. The molecule has 2 aromatic carbocycles. The molecule has 7 rings (SSSR count). The summed E-state index contributed by atoms with van der Waals surface area (Å²) in [5, 5.41) is 7.66. The highest BCUT2D eigenvalue weighted by atomic mass is 19.4. The van der Waals surface area contributed by atoms with Gasteiger partial charge in [-0.2, -0.15) is 37.0 Å². The van der Waals surface area contributed by atoms with Gasteiger partial charge in [-0.3, -0.25) is 0 Å². The first-order valence-corrected chi connectivity index (χ1v) is 14.4. The average molecular weight is 663 g/mol. The highest BCUT2D eigenvalue weighted by Crippen LogP contribution is 2.45. The number of hydrogen-bond acceptors (Lipinski definition) is 10. The van der Waals surface area contributed by atoms with Crippen LogP contribution in [0.2, 0.25) is 0 Å². The minimum atomic E-state index is -4.39. The molecule has 1 saturated carbocycles. The van der Waals surface area contributed by atoms with E-state index in [-0.39, 0.29) is 29.3 Å².